The van der Waals surface area contributed by atoms with Gasteiger partial charge in [0.15, 0.2) is 12.0 Å². The van der Waals surface area contributed by atoms with E-state index >= 15 is 0 Å². The lowest BCUT2D eigenvalue weighted by Crippen LogP contribution is -2.46. The number of ether oxygens (including phenoxy) is 5. The van der Waals surface area contributed by atoms with E-state index in [1.807, 2.05) is 18.2 Å². The molecule has 0 unspecified atom stereocenters. The third-order valence-corrected chi connectivity index (χ3v) is 5.17. The molecule has 6 N–H and O–H groups in total. The quantitative estimate of drug-likeness (QED) is 0.180. The van der Waals surface area contributed by atoms with Crippen molar-refractivity contribution in [3.8, 4) is 0 Å². The number of carbonyl (C=O) groups is 2. The van der Waals surface area contributed by atoms with Gasteiger partial charge >= 0.3 is 12.1 Å². The number of guanidine groups is 1. The summed E-state index contributed by atoms with van der Waals surface area (Å²) in [6.45, 7) is 1.24. The molecule has 0 aliphatic carbocycles. The van der Waals surface area contributed by atoms with Crippen molar-refractivity contribution >= 4 is 18.0 Å². The summed E-state index contributed by atoms with van der Waals surface area (Å²) in [5, 5.41) is 11.7. The van der Waals surface area contributed by atoms with Gasteiger partial charge in [0.1, 0.15) is 31.0 Å². The lowest BCUT2D eigenvalue weighted by atomic mass is 10.1. The minimum absolute atomic E-state index is 0.0290. The molecule has 2 aliphatic rings. The van der Waals surface area contributed by atoms with Crippen molar-refractivity contribution in [2.24, 2.45) is 16.5 Å². The normalized spacial score (nSPS) is 24.6. The fraction of sp³-hybridized carbons (Fsp3) is 0.571. The molecule has 1 amide bonds. The van der Waals surface area contributed by atoms with Crippen LogP contribution in [0.5, 0.6) is 0 Å². The number of aliphatic carboxylic acids is 1. The molecule has 5 atom stereocenters. The topological polar surface area (TPSA) is 177 Å². The zero-order chi connectivity index (χ0) is 23.6. The van der Waals surface area contributed by atoms with E-state index in [0.29, 0.717) is 26.2 Å². The van der Waals surface area contributed by atoms with Gasteiger partial charge in [-0.15, -0.1) is 0 Å². The van der Waals surface area contributed by atoms with E-state index in [4.69, 9.17) is 35.2 Å². The number of carbonyl (C=O) groups excluding carboxylic acids is 1. The van der Waals surface area contributed by atoms with Crippen molar-refractivity contribution in [1.29, 1.82) is 0 Å². The van der Waals surface area contributed by atoms with Crippen molar-refractivity contribution in [2.75, 3.05) is 33.0 Å². The van der Waals surface area contributed by atoms with Gasteiger partial charge in [-0.1, -0.05) is 30.3 Å². The fourth-order valence-electron chi connectivity index (χ4n) is 3.52. The molecular weight excluding hydrogens is 436 g/mol. The first kappa shape index (κ1) is 24.7. The molecule has 0 bridgehead atoms. The van der Waals surface area contributed by atoms with Crippen molar-refractivity contribution < 1.29 is 38.4 Å². The standard InChI is InChI=1S/C21H30N4O8/c22-20(23)24-7-4-8-29-15-11-31-18-16(12-32-17(15)18)30-10-14(19(26)27)25-21(28)33-9-13-5-2-1-3-6-13/h1-3,5-6,14-18H,4,7-12H2,(H,25,28)(H,26,27)(H4,22,23,24)/t14-,15-,16-,17+,18+/m0/s1. The molecule has 12 heteroatoms. The molecule has 182 valence electrons. The second kappa shape index (κ2) is 12.3. The molecule has 1 aromatic rings. The Kier molecular flexibility index (Phi) is 9.24. The highest BCUT2D eigenvalue weighted by Crippen LogP contribution is 2.30. The maximum absolute atomic E-state index is 12.0. The average molecular weight is 466 g/mol. The number of nitrogens with two attached hydrogens (primary N) is 2. The molecule has 2 aliphatic heterocycles. The molecular formula is C21H30N4O8. The van der Waals surface area contributed by atoms with Gasteiger partial charge in [-0.05, 0) is 12.0 Å². The largest absolute Gasteiger partial charge is 0.480 e. The molecule has 33 heavy (non-hydrogen) atoms. The number of alkyl carbamates (subject to hydrolysis) is 1. The van der Waals surface area contributed by atoms with Crippen LogP contribution in [0.3, 0.4) is 0 Å². The summed E-state index contributed by atoms with van der Waals surface area (Å²) in [7, 11) is 0. The number of aliphatic imine (C=N–C) groups is 1. The third-order valence-electron chi connectivity index (χ3n) is 5.17. The van der Waals surface area contributed by atoms with Crippen LogP contribution in [0.4, 0.5) is 4.79 Å². The van der Waals surface area contributed by atoms with Gasteiger partial charge in [0.05, 0.1) is 19.8 Å². The number of carboxylic acid groups (broad SMARTS) is 1. The molecule has 2 heterocycles. The first-order valence-corrected chi connectivity index (χ1v) is 10.7. The number of hydrogen-bond donors (Lipinski definition) is 4. The third kappa shape index (κ3) is 7.56. The molecule has 12 nitrogen and oxygen atoms in total. The van der Waals surface area contributed by atoms with Crippen LogP contribution >= 0.6 is 0 Å². The van der Waals surface area contributed by atoms with Gasteiger partial charge in [0, 0.05) is 13.2 Å². The minimum Gasteiger partial charge on any atom is -0.480 e. The lowest BCUT2D eigenvalue weighted by Gasteiger charge is -2.20. The van der Waals surface area contributed by atoms with Crippen LogP contribution in [0.2, 0.25) is 0 Å². The minimum atomic E-state index is -1.28. The van der Waals surface area contributed by atoms with E-state index in [1.54, 1.807) is 12.1 Å². The number of amides is 1. The van der Waals surface area contributed by atoms with Gasteiger partial charge in [0.2, 0.25) is 0 Å². The molecule has 0 radical (unpaired) electrons. The van der Waals surface area contributed by atoms with Crippen LogP contribution in [0.15, 0.2) is 35.3 Å². The van der Waals surface area contributed by atoms with Crippen LogP contribution < -0.4 is 16.8 Å². The second-order valence-electron chi connectivity index (χ2n) is 7.63. The van der Waals surface area contributed by atoms with E-state index in [-0.39, 0.29) is 44.1 Å². The molecule has 0 aromatic heterocycles. The Morgan fingerprint density at radius 1 is 1.12 bits per heavy atom. The smallest absolute Gasteiger partial charge is 0.408 e. The van der Waals surface area contributed by atoms with Gasteiger partial charge in [-0.3, -0.25) is 4.99 Å². The van der Waals surface area contributed by atoms with Crippen molar-refractivity contribution in [2.45, 2.75) is 43.5 Å². The number of nitrogens with one attached hydrogen (secondary N) is 1. The number of rotatable bonds is 12. The first-order chi connectivity index (χ1) is 15.9. The van der Waals surface area contributed by atoms with Crippen LogP contribution in [0.1, 0.15) is 12.0 Å². The Morgan fingerprint density at radius 2 is 1.79 bits per heavy atom. The van der Waals surface area contributed by atoms with Gasteiger partial charge in [-0.2, -0.15) is 0 Å². The SMILES string of the molecule is NC(N)=NCCCO[C@H]1CO[C@H]2[C@@H]1OC[C@@H]2OC[C@H](NC(=O)OCc1ccccc1)C(=O)O. The molecule has 0 saturated carbocycles. The Morgan fingerprint density at radius 3 is 2.42 bits per heavy atom. The van der Waals surface area contributed by atoms with Crippen LogP contribution in [-0.4, -0.2) is 86.6 Å². The van der Waals surface area contributed by atoms with Gasteiger partial charge < -0.3 is 45.6 Å². The molecule has 0 spiro atoms. The highest BCUT2D eigenvalue weighted by Gasteiger charge is 2.49. The van der Waals surface area contributed by atoms with Gasteiger partial charge in [0.25, 0.3) is 0 Å². The highest BCUT2D eigenvalue weighted by molar-refractivity contribution is 5.80. The number of fused-ring (bicyclic) bond motifs is 1. The molecule has 2 fully saturated rings. The Labute approximate surface area is 191 Å². The summed E-state index contributed by atoms with van der Waals surface area (Å²) in [4.78, 5) is 27.4. The van der Waals surface area contributed by atoms with E-state index in [0.717, 1.165) is 5.56 Å². The van der Waals surface area contributed by atoms with E-state index < -0.39 is 24.2 Å². The van der Waals surface area contributed by atoms with Crippen LogP contribution in [0.25, 0.3) is 0 Å². The predicted octanol–water partition coefficient (Wildman–Crippen LogP) is -0.402. The van der Waals surface area contributed by atoms with Crippen molar-refractivity contribution in [3.63, 3.8) is 0 Å². The molecule has 3 rings (SSSR count). The maximum atomic E-state index is 12.0. The maximum Gasteiger partial charge on any atom is 0.408 e. The number of benzene rings is 1. The fourth-order valence-corrected chi connectivity index (χ4v) is 3.52. The monoisotopic (exact) mass is 466 g/mol. The molecule has 1 aromatic carbocycles. The summed E-state index contributed by atoms with van der Waals surface area (Å²) < 4.78 is 28.1. The van der Waals surface area contributed by atoms with Crippen LogP contribution in [0, 0.1) is 0 Å². The van der Waals surface area contributed by atoms with Crippen molar-refractivity contribution in [3.05, 3.63) is 35.9 Å². The highest BCUT2D eigenvalue weighted by atomic mass is 16.6. The summed E-state index contributed by atoms with van der Waals surface area (Å²) in [6.07, 6.45) is -1.63. The van der Waals surface area contributed by atoms with E-state index in [2.05, 4.69) is 10.3 Å². The first-order valence-electron chi connectivity index (χ1n) is 10.7. The van der Waals surface area contributed by atoms with Crippen molar-refractivity contribution in [1.82, 2.24) is 5.32 Å². The average Bonchev–Trinajstić information content (AvgIpc) is 3.38. The molecule has 2 saturated heterocycles. The van der Waals surface area contributed by atoms with Gasteiger partial charge in [-0.25, -0.2) is 9.59 Å². The second-order valence-corrected chi connectivity index (χ2v) is 7.63. The summed E-state index contributed by atoms with van der Waals surface area (Å²) >= 11 is 0. The summed E-state index contributed by atoms with van der Waals surface area (Å²) in [5.41, 5.74) is 11.4. The number of hydrogen-bond acceptors (Lipinski definition) is 8. The zero-order valence-corrected chi connectivity index (χ0v) is 18.1. The van der Waals surface area contributed by atoms with Crippen LogP contribution in [-0.2, 0) is 35.1 Å². The summed E-state index contributed by atoms with van der Waals surface area (Å²) in [5.74, 6) is -1.20. The van der Waals surface area contributed by atoms with E-state index in [1.165, 1.54) is 0 Å². The Bertz CT molecular complexity index is 805. The Balaban J connectivity index is 1.39. The zero-order valence-electron chi connectivity index (χ0n) is 18.1. The Hall–Kier alpha value is -2.93. The van der Waals surface area contributed by atoms with E-state index in [9.17, 15) is 14.7 Å². The predicted molar refractivity (Wildman–Crippen MR) is 115 cm³/mol. The lowest BCUT2D eigenvalue weighted by molar-refractivity contribution is -0.142. The summed E-state index contributed by atoms with van der Waals surface area (Å²) in [6, 6.07) is 7.78. The number of nitrogens with zero attached hydrogens (tertiary/aromatic N) is 1. The number of carboxylic acids is 1.